The van der Waals surface area contributed by atoms with Gasteiger partial charge in [-0.1, -0.05) is 6.07 Å². The molecule has 1 aromatic rings. The normalized spacial score (nSPS) is 12.9. The second-order valence-electron chi connectivity index (χ2n) is 3.75. The summed E-state index contributed by atoms with van der Waals surface area (Å²) in [4.78, 5) is 11.3. The Morgan fingerprint density at radius 1 is 1.37 bits per heavy atom. The van der Waals surface area contributed by atoms with Crippen molar-refractivity contribution in [3.8, 4) is 0 Å². The second-order valence-corrected chi connectivity index (χ2v) is 3.75. The van der Waals surface area contributed by atoms with Gasteiger partial charge >= 0.3 is 12.2 Å². The fourth-order valence-electron chi connectivity index (χ4n) is 1.22. The number of nitrogens with one attached hydrogen (secondary N) is 2. The Morgan fingerprint density at radius 3 is 2.63 bits per heavy atom. The summed E-state index contributed by atoms with van der Waals surface area (Å²) in [6.07, 6.45) is -5.60. The third kappa shape index (κ3) is 5.14. The molecule has 4 N–H and O–H groups in total. The first-order chi connectivity index (χ1) is 8.82. The van der Waals surface area contributed by atoms with Gasteiger partial charge in [0.2, 0.25) is 0 Å². The standard InChI is InChI=1S/C11H13F3N2O3/c12-11(13,14)7-2-1-3-8(4-7)16-10(19)15-5-9(18)6-17/h1-4,9,17-18H,5-6H2,(H2,15,16,19). The van der Waals surface area contributed by atoms with Gasteiger partial charge in [-0.3, -0.25) is 0 Å². The molecule has 0 radical (unpaired) electrons. The van der Waals surface area contributed by atoms with E-state index in [4.69, 9.17) is 10.2 Å². The molecule has 0 fully saturated rings. The Balaban J connectivity index is 2.60. The lowest BCUT2D eigenvalue weighted by Gasteiger charge is -2.12. The molecule has 0 bridgehead atoms. The van der Waals surface area contributed by atoms with E-state index in [0.29, 0.717) is 0 Å². The van der Waals surface area contributed by atoms with Crippen LogP contribution in [0.3, 0.4) is 0 Å². The molecule has 1 rings (SSSR count). The summed E-state index contributed by atoms with van der Waals surface area (Å²) in [5, 5.41) is 21.9. The van der Waals surface area contributed by atoms with E-state index in [1.54, 1.807) is 0 Å². The SMILES string of the molecule is O=C(NCC(O)CO)Nc1cccc(C(F)(F)F)c1. The van der Waals surface area contributed by atoms with Crippen LogP contribution in [0.4, 0.5) is 23.7 Å². The first-order valence-electron chi connectivity index (χ1n) is 5.34. The molecular formula is C11H13F3N2O3. The monoisotopic (exact) mass is 278 g/mol. The van der Waals surface area contributed by atoms with Crippen molar-refractivity contribution < 1.29 is 28.2 Å². The maximum atomic E-state index is 12.4. The van der Waals surface area contributed by atoms with Gasteiger partial charge in [0.1, 0.15) is 0 Å². The number of aliphatic hydroxyl groups is 2. The fraction of sp³-hybridized carbons (Fsp3) is 0.364. The summed E-state index contributed by atoms with van der Waals surface area (Å²) in [6.45, 7) is -0.731. The topological polar surface area (TPSA) is 81.6 Å². The zero-order valence-electron chi connectivity index (χ0n) is 9.74. The van der Waals surface area contributed by atoms with Crippen molar-refractivity contribution in [1.82, 2.24) is 5.32 Å². The van der Waals surface area contributed by atoms with Crippen LogP contribution in [0.25, 0.3) is 0 Å². The number of halogens is 3. The summed E-state index contributed by atoms with van der Waals surface area (Å²) in [5.41, 5.74) is -0.897. The van der Waals surface area contributed by atoms with E-state index in [9.17, 15) is 18.0 Å². The molecule has 1 atom stereocenters. The van der Waals surface area contributed by atoms with E-state index in [-0.39, 0.29) is 12.2 Å². The minimum Gasteiger partial charge on any atom is -0.394 e. The highest BCUT2D eigenvalue weighted by molar-refractivity contribution is 5.89. The Bertz CT molecular complexity index is 437. The predicted molar refractivity (Wildman–Crippen MR) is 61.6 cm³/mol. The van der Waals surface area contributed by atoms with E-state index in [2.05, 4.69) is 10.6 Å². The number of amides is 2. The summed E-state index contributed by atoms with van der Waals surface area (Å²) in [7, 11) is 0. The molecule has 1 unspecified atom stereocenters. The zero-order chi connectivity index (χ0) is 14.5. The first kappa shape index (κ1) is 15.3. The van der Waals surface area contributed by atoms with E-state index < -0.39 is 30.5 Å². The lowest BCUT2D eigenvalue weighted by Crippen LogP contribution is -2.36. The summed E-state index contributed by atoms with van der Waals surface area (Å²) in [6, 6.07) is 3.38. The van der Waals surface area contributed by atoms with Gasteiger partial charge < -0.3 is 20.8 Å². The summed E-state index contributed by atoms with van der Waals surface area (Å²) in [5.74, 6) is 0. The number of alkyl halides is 3. The van der Waals surface area contributed by atoms with Gasteiger partial charge in [-0.15, -0.1) is 0 Å². The van der Waals surface area contributed by atoms with Crippen molar-refractivity contribution in [2.45, 2.75) is 12.3 Å². The van der Waals surface area contributed by atoms with Crippen LogP contribution in [0.15, 0.2) is 24.3 Å². The smallest absolute Gasteiger partial charge is 0.394 e. The van der Waals surface area contributed by atoms with Gasteiger partial charge in [0, 0.05) is 12.2 Å². The molecule has 8 heteroatoms. The molecule has 0 aliphatic carbocycles. The van der Waals surface area contributed by atoms with Crippen molar-refractivity contribution >= 4 is 11.7 Å². The molecule has 5 nitrogen and oxygen atoms in total. The van der Waals surface area contributed by atoms with Gasteiger partial charge in [0.05, 0.1) is 18.3 Å². The zero-order valence-corrected chi connectivity index (χ0v) is 9.74. The minimum atomic E-state index is -4.48. The average Bonchev–Trinajstić information content (AvgIpc) is 2.35. The molecule has 1 aromatic carbocycles. The van der Waals surface area contributed by atoms with E-state index >= 15 is 0 Å². The Kier molecular flexibility index (Phi) is 5.13. The number of carbonyl (C=O) groups excluding carboxylic acids is 1. The molecule has 19 heavy (non-hydrogen) atoms. The molecule has 0 saturated carbocycles. The number of hydrogen-bond acceptors (Lipinski definition) is 3. The van der Waals surface area contributed by atoms with Gasteiger partial charge in [-0.25, -0.2) is 4.79 Å². The predicted octanol–water partition coefficient (Wildman–Crippen LogP) is 1.18. The molecule has 0 saturated heterocycles. The van der Waals surface area contributed by atoms with Gasteiger partial charge in [0.15, 0.2) is 0 Å². The van der Waals surface area contributed by atoms with Crippen LogP contribution in [0.1, 0.15) is 5.56 Å². The van der Waals surface area contributed by atoms with Gasteiger partial charge in [0.25, 0.3) is 0 Å². The molecule has 0 aliphatic rings. The first-order valence-corrected chi connectivity index (χ1v) is 5.34. The highest BCUT2D eigenvalue weighted by atomic mass is 19.4. The molecule has 0 aliphatic heterocycles. The van der Waals surface area contributed by atoms with Gasteiger partial charge in [-0.2, -0.15) is 13.2 Å². The fourth-order valence-corrected chi connectivity index (χ4v) is 1.22. The summed E-state index contributed by atoms with van der Waals surface area (Å²) >= 11 is 0. The molecular weight excluding hydrogens is 265 g/mol. The molecule has 2 amide bonds. The number of carbonyl (C=O) groups is 1. The van der Waals surface area contributed by atoms with Gasteiger partial charge in [-0.05, 0) is 18.2 Å². The number of hydrogen-bond donors (Lipinski definition) is 4. The Hall–Kier alpha value is -1.80. The molecule has 0 aromatic heterocycles. The van der Waals surface area contributed by atoms with Crippen molar-refractivity contribution in [3.05, 3.63) is 29.8 Å². The van der Waals surface area contributed by atoms with Crippen LogP contribution in [0.5, 0.6) is 0 Å². The van der Waals surface area contributed by atoms with Crippen LogP contribution in [-0.2, 0) is 6.18 Å². The number of anilines is 1. The van der Waals surface area contributed by atoms with Crippen LogP contribution in [0.2, 0.25) is 0 Å². The number of urea groups is 1. The van der Waals surface area contributed by atoms with Crippen molar-refractivity contribution in [1.29, 1.82) is 0 Å². The van der Waals surface area contributed by atoms with Crippen LogP contribution >= 0.6 is 0 Å². The van der Waals surface area contributed by atoms with Crippen LogP contribution in [0, 0.1) is 0 Å². The third-order valence-electron chi connectivity index (χ3n) is 2.16. The quantitative estimate of drug-likeness (QED) is 0.667. The Morgan fingerprint density at radius 2 is 2.05 bits per heavy atom. The van der Waals surface area contributed by atoms with E-state index in [0.717, 1.165) is 12.1 Å². The van der Waals surface area contributed by atoms with E-state index in [1.165, 1.54) is 12.1 Å². The van der Waals surface area contributed by atoms with E-state index in [1.807, 2.05) is 0 Å². The maximum absolute atomic E-state index is 12.4. The minimum absolute atomic E-state index is 0.0224. The molecule has 106 valence electrons. The lowest BCUT2D eigenvalue weighted by molar-refractivity contribution is -0.137. The second kappa shape index (κ2) is 6.39. The number of benzene rings is 1. The maximum Gasteiger partial charge on any atom is 0.416 e. The third-order valence-corrected chi connectivity index (χ3v) is 2.16. The number of rotatable bonds is 4. The van der Waals surface area contributed by atoms with Crippen LogP contribution < -0.4 is 10.6 Å². The molecule has 0 spiro atoms. The van der Waals surface area contributed by atoms with Crippen LogP contribution in [-0.4, -0.2) is 35.5 Å². The van der Waals surface area contributed by atoms with Crippen molar-refractivity contribution in [2.75, 3.05) is 18.5 Å². The van der Waals surface area contributed by atoms with Crippen molar-refractivity contribution in [3.63, 3.8) is 0 Å². The lowest BCUT2D eigenvalue weighted by atomic mass is 10.2. The Labute approximate surface area is 107 Å². The number of aliphatic hydroxyl groups excluding tert-OH is 2. The van der Waals surface area contributed by atoms with Crippen molar-refractivity contribution in [2.24, 2.45) is 0 Å². The molecule has 0 heterocycles. The largest absolute Gasteiger partial charge is 0.416 e. The highest BCUT2D eigenvalue weighted by Gasteiger charge is 2.30. The summed E-state index contributed by atoms with van der Waals surface area (Å²) < 4.78 is 37.2. The average molecular weight is 278 g/mol. The highest BCUT2D eigenvalue weighted by Crippen LogP contribution is 2.30.